The minimum absolute atomic E-state index is 0.0865. The molecular formula is C22H26N4O2. The number of ether oxygens (including phenoxy) is 1. The summed E-state index contributed by atoms with van der Waals surface area (Å²) in [7, 11) is 0. The number of piperidine rings is 1. The summed E-state index contributed by atoms with van der Waals surface area (Å²) >= 11 is 0. The van der Waals surface area contributed by atoms with Crippen molar-refractivity contribution in [2.24, 2.45) is 5.92 Å². The lowest BCUT2D eigenvalue weighted by atomic mass is 9.93. The Kier molecular flexibility index (Phi) is 6.25. The zero-order valence-electron chi connectivity index (χ0n) is 16.7. The van der Waals surface area contributed by atoms with E-state index >= 15 is 0 Å². The van der Waals surface area contributed by atoms with Gasteiger partial charge in [0.1, 0.15) is 6.07 Å². The molecule has 0 N–H and O–H groups in total. The fourth-order valence-corrected chi connectivity index (χ4v) is 3.69. The van der Waals surface area contributed by atoms with Crippen LogP contribution in [0.4, 0.5) is 5.69 Å². The van der Waals surface area contributed by atoms with E-state index in [1.165, 1.54) is 0 Å². The summed E-state index contributed by atoms with van der Waals surface area (Å²) in [5, 5.41) is 9.21. The number of esters is 1. The summed E-state index contributed by atoms with van der Waals surface area (Å²) in [6.45, 7) is 7.88. The molecular weight excluding hydrogens is 352 g/mol. The van der Waals surface area contributed by atoms with Crippen LogP contribution in [0.15, 0.2) is 24.3 Å². The van der Waals surface area contributed by atoms with Gasteiger partial charge >= 0.3 is 5.97 Å². The SMILES string of the molecule is CCOC(=O)CC1CCN(c2ccc(-c3nc(C#N)c(C)nc3C)cc2)CC1. The summed E-state index contributed by atoms with van der Waals surface area (Å²) in [5.74, 6) is 0.320. The van der Waals surface area contributed by atoms with Crippen LogP contribution in [-0.2, 0) is 9.53 Å². The minimum Gasteiger partial charge on any atom is -0.466 e. The average Bonchev–Trinajstić information content (AvgIpc) is 2.69. The van der Waals surface area contributed by atoms with E-state index in [4.69, 9.17) is 4.74 Å². The van der Waals surface area contributed by atoms with Crippen molar-refractivity contribution in [1.29, 1.82) is 5.26 Å². The molecule has 6 nitrogen and oxygen atoms in total. The standard InChI is InChI=1S/C22H26N4O2/c1-4-28-21(27)13-17-9-11-26(12-10-17)19-7-5-18(6-8-19)22-16(3)24-15(2)20(14-23)25-22/h5-8,17H,4,9-13H2,1-3H3. The van der Waals surface area contributed by atoms with E-state index < -0.39 is 0 Å². The Morgan fingerprint density at radius 1 is 1.18 bits per heavy atom. The lowest BCUT2D eigenvalue weighted by Crippen LogP contribution is -2.34. The number of anilines is 1. The second-order valence-electron chi connectivity index (χ2n) is 7.19. The van der Waals surface area contributed by atoms with Crippen molar-refractivity contribution in [3.05, 3.63) is 41.3 Å². The molecule has 1 aliphatic rings. The van der Waals surface area contributed by atoms with Crippen molar-refractivity contribution in [1.82, 2.24) is 9.97 Å². The quantitative estimate of drug-likeness (QED) is 0.736. The van der Waals surface area contributed by atoms with Crippen molar-refractivity contribution < 1.29 is 9.53 Å². The molecule has 1 aliphatic heterocycles. The third-order valence-corrected chi connectivity index (χ3v) is 5.23. The Bertz CT molecular complexity index is 879. The highest BCUT2D eigenvalue weighted by molar-refractivity contribution is 5.69. The van der Waals surface area contributed by atoms with Crippen LogP contribution < -0.4 is 4.90 Å². The molecule has 2 aromatic rings. The molecule has 6 heteroatoms. The molecule has 0 aliphatic carbocycles. The van der Waals surface area contributed by atoms with Crippen LogP contribution in [0.1, 0.15) is 43.3 Å². The maximum atomic E-state index is 11.7. The number of aromatic nitrogens is 2. The van der Waals surface area contributed by atoms with E-state index in [9.17, 15) is 10.1 Å². The van der Waals surface area contributed by atoms with Gasteiger partial charge in [0.25, 0.3) is 0 Å². The molecule has 0 spiro atoms. The molecule has 2 heterocycles. The van der Waals surface area contributed by atoms with E-state index in [1.54, 1.807) is 6.92 Å². The highest BCUT2D eigenvalue weighted by atomic mass is 16.5. The number of nitrogens with zero attached hydrogens (tertiary/aromatic N) is 4. The van der Waals surface area contributed by atoms with Crippen molar-refractivity contribution in [3.8, 4) is 17.3 Å². The number of aryl methyl sites for hydroxylation is 2. The van der Waals surface area contributed by atoms with Crippen LogP contribution in [0, 0.1) is 31.1 Å². The van der Waals surface area contributed by atoms with Gasteiger partial charge in [-0.25, -0.2) is 4.98 Å². The average molecular weight is 378 g/mol. The number of hydrogen-bond donors (Lipinski definition) is 0. The Labute approximate surface area is 166 Å². The highest BCUT2D eigenvalue weighted by Gasteiger charge is 2.22. The van der Waals surface area contributed by atoms with E-state index in [0.29, 0.717) is 30.3 Å². The molecule has 0 unspecified atom stereocenters. The smallest absolute Gasteiger partial charge is 0.306 e. The van der Waals surface area contributed by atoms with Gasteiger partial charge in [-0.2, -0.15) is 5.26 Å². The van der Waals surface area contributed by atoms with E-state index in [-0.39, 0.29) is 5.97 Å². The van der Waals surface area contributed by atoms with Gasteiger partial charge in [0.15, 0.2) is 5.69 Å². The van der Waals surface area contributed by atoms with Gasteiger partial charge in [-0.15, -0.1) is 0 Å². The lowest BCUT2D eigenvalue weighted by Gasteiger charge is -2.33. The molecule has 0 saturated carbocycles. The maximum absolute atomic E-state index is 11.7. The first-order valence-corrected chi connectivity index (χ1v) is 9.78. The third kappa shape index (κ3) is 4.48. The van der Waals surface area contributed by atoms with Gasteiger partial charge in [-0.3, -0.25) is 9.78 Å². The molecule has 28 heavy (non-hydrogen) atoms. The van der Waals surface area contributed by atoms with Crippen LogP contribution >= 0.6 is 0 Å². The summed E-state index contributed by atoms with van der Waals surface area (Å²) in [6.07, 6.45) is 2.51. The zero-order chi connectivity index (χ0) is 20.1. The Hall–Kier alpha value is -2.94. The molecule has 0 radical (unpaired) electrons. The van der Waals surface area contributed by atoms with Crippen molar-refractivity contribution in [3.63, 3.8) is 0 Å². The van der Waals surface area contributed by atoms with Gasteiger partial charge in [0.05, 0.1) is 23.7 Å². The fraction of sp³-hybridized carbons (Fsp3) is 0.455. The van der Waals surface area contributed by atoms with Crippen LogP contribution in [0.25, 0.3) is 11.3 Å². The van der Waals surface area contributed by atoms with Gasteiger partial charge in [-0.1, -0.05) is 12.1 Å². The highest BCUT2D eigenvalue weighted by Crippen LogP contribution is 2.28. The van der Waals surface area contributed by atoms with Crippen LogP contribution in [0.5, 0.6) is 0 Å². The van der Waals surface area contributed by atoms with E-state index in [1.807, 2.05) is 26.0 Å². The first kappa shape index (κ1) is 19.8. The minimum atomic E-state index is -0.0865. The summed E-state index contributed by atoms with van der Waals surface area (Å²) in [4.78, 5) is 22.9. The second-order valence-corrected chi connectivity index (χ2v) is 7.19. The maximum Gasteiger partial charge on any atom is 0.306 e. The van der Waals surface area contributed by atoms with Crippen molar-refractivity contribution in [2.75, 3.05) is 24.6 Å². The number of hydrogen-bond acceptors (Lipinski definition) is 6. The monoisotopic (exact) mass is 378 g/mol. The molecule has 0 amide bonds. The Morgan fingerprint density at radius 3 is 2.46 bits per heavy atom. The number of benzene rings is 1. The number of nitriles is 1. The van der Waals surface area contributed by atoms with Gasteiger partial charge < -0.3 is 9.64 Å². The van der Waals surface area contributed by atoms with E-state index in [0.717, 1.165) is 48.6 Å². The van der Waals surface area contributed by atoms with Crippen LogP contribution in [-0.4, -0.2) is 35.6 Å². The van der Waals surface area contributed by atoms with Crippen molar-refractivity contribution >= 4 is 11.7 Å². The molecule has 1 fully saturated rings. The number of carbonyl (C=O) groups excluding carboxylic acids is 1. The number of rotatable bonds is 5. The molecule has 0 bridgehead atoms. The van der Waals surface area contributed by atoms with Crippen molar-refractivity contribution in [2.45, 2.75) is 40.0 Å². The molecule has 146 valence electrons. The lowest BCUT2D eigenvalue weighted by molar-refractivity contribution is -0.144. The molecule has 1 aromatic heterocycles. The van der Waals surface area contributed by atoms with Crippen LogP contribution in [0.3, 0.4) is 0 Å². The predicted molar refractivity (Wildman–Crippen MR) is 108 cm³/mol. The largest absolute Gasteiger partial charge is 0.466 e. The molecule has 0 atom stereocenters. The number of carbonyl (C=O) groups is 1. The topological polar surface area (TPSA) is 79.1 Å². The van der Waals surface area contributed by atoms with Gasteiger partial charge in [-0.05, 0) is 51.7 Å². The summed E-state index contributed by atoms with van der Waals surface area (Å²) < 4.78 is 5.06. The Morgan fingerprint density at radius 2 is 1.86 bits per heavy atom. The summed E-state index contributed by atoms with van der Waals surface area (Å²) in [5.41, 5.74) is 4.73. The van der Waals surface area contributed by atoms with E-state index in [2.05, 4.69) is 33.1 Å². The molecule has 3 rings (SSSR count). The van der Waals surface area contributed by atoms with Crippen LogP contribution in [0.2, 0.25) is 0 Å². The molecule has 1 aromatic carbocycles. The first-order chi connectivity index (χ1) is 13.5. The third-order valence-electron chi connectivity index (χ3n) is 5.23. The fourth-order valence-electron chi connectivity index (χ4n) is 3.69. The van der Waals surface area contributed by atoms with Gasteiger partial charge in [0, 0.05) is 30.8 Å². The molecule has 1 saturated heterocycles. The second kappa shape index (κ2) is 8.83. The summed E-state index contributed by atoms with van der Waals surface area (Å²) in [6, 6.07) is 10.4. The predicted octanol–water partition coefficient (Wildman–Crippen LogP) is 3.80. The Balaban J connectivity index is 1.66. The normalized spacial score (nSPS) is 14.6. The zero-order valence-corrected chi connectivity index (χ0v) is 16.7. The first-order valence-electron chi connectivity index (χ1n) is 9.78. The van der Waals surface area contributed by atoms with Gasteiger partial charge in [0.2, 0.25) is 0 Å².